The third kappa shape index (κ3) is 5.42. The lowest BCUT2D eigenvalue weighted by molar-refractivity contribution is 0.00578. The lowest BCUT2D eigenvalue weighted by atomic mass is 9.77. The quantitative estimate of drug-likeness (QED) is 0.383. The van der Waals surface area contributed by atoms with Crippen LogP contribution in [0.2, 0.25) is 0 Å². The molecule has 0 bridgehead atoms. The Morgan fingerprint density at radius 3 is 1.98 bits per heavy atom. The van der Waals surface area contributed by atoms with E-state index in [1.165, 1.54) is 11.1 Å². The minimum atomic E-state index is -0.655. The van der Waals surface area contributed by atoms with Crippen LogP contribution in [-0.2, 0) is 14.0 Å². The third-order valence-corrected chi connectivity index (χ3v) is 8.09. The summed E-state index contributed by atoms with van der Waals surface area (Å²) in [5.41, 5.74) is 5.76. The van der Waals surface area contributed by atoms with Gasteiger partial charge >= 0.3 is 13.2 Å². The van der Waals surface area contributed by atoms with Crippen LogP contribution in [0.15, 0.2) is 78.3 Å². The third-order valence-electron chi connectivity index (χ3n) is 8.09. The number of alkyl carbamates (subject to hydrolysis) is 1. The first-order valence-corrected chi connectivity index (χ1v) is 13.6. The topological polar surface area (TPSA) is 85.9 Å². The average Bonchev–Trinajstić information content (AvgIpc) is 3.38. The largest absolute Gasteiger partial charge is 0.492 e. The number of hydrogen-bond acceptors (Lipinski definition) is 5. The smallest absolute Gasteiger partial charge is 0.449 e. The number of hydrogen-bond donors (Lipinski definition) is 2. The van der Waals surface area contributed by atoms with E-state index in [-0.39, 0.29) is 25.0 Å². The lowest BCUT2D eigenvalue weighted by Gasteiger charge is -2.32. The van der Waals surface area contributed by atoms with Gasteiger partial charge in [-0.3, -0.25) is 4.79 Å². The summed E-state index contributed by atoms with van der Waals surface area (Å²) in [6.45, 7) is 8.36. The van der Waals surface area contributed by atoms with Crippen molar-refractivity contribution in [2.24, 2.45) is 0 Å². The van der Waals surface area contributed by atoms with Gasteiger partial charge in [-0.2, -0.15) is 0 Å². The maximum Gasteiger partial charge on any atom is 0.492 e. The Kier molecular flexibility index (Phi) is 7.58. The molecular formula is C32H35BN2O5. The second-order valence-electron chi connectivity index (χ2n) is 11.2. The summed E-state index contributed by atoms with van der Waals surface area (Å²) in [6.07, 6.45) is 1.40. The molecule has 1 heterocycles. The highest BCUT2D eigenvalue weighted by Crippen LogP contribution is 2.44. The van der Waals surface area contributed by atoms with Crippen molar-refractivity contribution in [3.05, 3.63) is 101 Å². The van der Waals surface area contributed by atoms with E-state index in [0.29, 0.717) is 5.56 Å². The predicted molar refractivity (Wildman–Crippen MR) is 157 cm³/mol. The molecule has 0 atom stereocenters. The van der Waals surface area contributed by atoms with Gasteiger partial charge in [0.1, 0.15) is 6.61 Å². The Labute approximate surface area is 236 Å². The molecule has 5 rings (SSSR count). The second-order valence-corrected chi connectivity index (χ2v) is 11.2. The molecule has 0 radical (unpaired) electrons. The number of carbonyl (C=O) groups excluding carboxylic acids is 2. The summed E-state index contributed by atoms with van der Waals surface area (Å²) < 4.78 is 18.3. The number of fused-ring (bicyclic) bond motifs is 3. The Bertz CT molecular complexity index is 1390. The number of amides is 2. The van der Waals surface area contributed by atoms with Gasteiger partial charge in [0.2, 0.25) is 0 Å². The van der Waals surface area contributed by atoms with Crippen LogP contribution in [0.5, 0.6) is 0 Å². The number of benzene rings is 3. The van der Waals surface area contributed by atoms with Crippen LogP contribution >= 0.6 is 0 Å². The van der Waals surface area contributed by atoms with Crippen LogP contribution in [0.4, 0.5) is 4.79 Å². The zero-order valence-electron chi connectivity index (χ0n) is 23.6. The highest BCUT2D eigenvalue weighted by atomic mass is 16.7. The fraction of sp³-hybridized carbons (Fsp3) is 0.312. The van der Waals surface area contributed by atoms with Crippen LogP contribution < -0.4 is 10.6 Å². The normalized spacial score (nSPS) is 17.2. The molecule has 1 aliphatic carbocycles. The fourth-order valence-corrected chi connectivity index (χ4v) is 5.11. The molecule has 40 heavy (non-hydrogen) atoms. The molecule has 2 aliphatic rings. The van der Waals surface area contributed by atoms with Crippen LogP contribution in [-0.4, -0.2) is 50.5 Å². The van der Waals surface area contributed by atoms with E-state index >= 15 is 0 Å². The van der Waals surface area contributed by atoms with Gasteiger partial charge in [0.15, 0.2) is 0 Å². The van der Waals surface area contributed by atoms with Crippen molar-refractivity contribution < 1.29 is 23.6 Å². The zero-order chi connectivity index (χ0) is 28.5. The van der Waals surface area contributed by atoms with Crippen LogP contribution in [0.1, 0.15) is 60.7 Å². The molecule has 0 aromatic heterocycles. The second kappa shape index (κ2) is 10.9. The van der Waals surface area contributed by atoms with Gasteiger partial charge < -0.3 is 24.7 Å². The summed E-state index contributed by atoms with van der Waals surface area (Å²) in [7, 11) is 0.944. The maximum atomic E-state index is 12.9. The number of carbonyl (C=O) groups is 2. The Hall–Kier alpha value is -3.88. The van der Waals surface area contributed by atoms with Gasteiger partial charge in [0.05, 0.1) is 11.2 Å². The highest BCUT2D eigenvalue weighted by molar-refractivity contribution is 6.56. The van der Waals surface area contributed by atoms with Crippen LogP contribution in [0.3, 0.4) is 0 Å². The van der Waals surface area contributed by atoms with E-state index in [2.05, 4.69) is 34.9 Å². The molecule has 2 N–H and O–H groups in total. The summed E-state index contributed by atoms with van der Waals surface area (Å²) in [5, 5.41) is 5.52. The minimum absolute atomic E-state index is 0.0184. The molecule has 8 heteroatoms. The molecule has 3 aromatic carbocycles. The Balaban J connectivity index is 1.30. The standard InChI is InChI=1S/C32H35BN2O5/c1-31(2)32(3,4)40-33(39-31)23(18-21-14-16-22(17-15-21)29(36)34-5)19-35-30(37)38-20-28-26-12-8-6-10-24(26)25-11-7-9-13-27(25)28/h6-18,28H,19-20H2,1-5H3,(H,34,36)(H,35,37). The van der Waals surface area contributed by atoms with Crippen molar-refractivity contribution in [1.82, 2.24) is 10.6 Å². The van der Waals surface area contributed by atoms with E-state index < -0.39 is 24.4 Å². The highest BCUT2D eigenvalue weighted by Gasteiger charge is 2.52. The summed E-state index contributed by atoms with van der Waals surface area (Å²) in [5.74, 6) is -0.172. The molecule has 0 saturated carbocycles. The maximum absolute atomic E-state index is 12.9. The average molecular weight is 538 g/mol. The van der Waals surface area contributed by atoms with Crippen molar-refractivity contribution >= 4 is 25.2 Å². The lowest BCUT2D eigenvalue weighted by Crippen LogP contribution is -2.41. The van der Waals surface area contributed by atoms with E-state index in [9.17, 15) is 9.59 Å². The van der Waals surface area contributed by atoms with E-state index in [0.717, 1.165) is 22.2 Å². The van der Waals surface area contributed by atoms with E-state index in [1.807, 2.05) is 70.2 Å². The molecule has 3 aromatic rings. The molecule has 0 spiro atoms. The molecular weight excluding hydrogens is 503 g/mol. The monoisotopic (exact) mass is 538 g/mol. The summed E-state index contributed by atoms with van der Waals surface area (Å²) in [4.78, 5) is 24.9. The molecule has 1 saturated heterocycles. The minimum Gasteiger partial charge on any atom is -0.449 e. The van der Waals surface area contributed by atoms with Crippen molar-refractivity contribution in [3.63, 3.8) is 0 Å². The summed E-state index contributed by atoms with van der Waals surface area (Å²) >= 11 is 0. The molecule has 0 unspecified atom stereocenters. The van der Waals surface area contributed by atoms with Crippen molar-refractivity contribution in [3.8, 4) is 11.1 Å². The van der Waals surface area contributed by atoms with Crippen molar-refractivity contribution in [1.29, 1.82) is 0 Å². The summed E-state index contributed by atoms with van der Waals surface area (Å²) in [6, 6.07) is 23.7. The van der Waals surface area contributed by atoms with E-state index in [1.54, 1.807) is 19.2 Å². The molecule has 7 nitrogen and oxygen atoms in total. The Morgan fingerprint density at radius 1 is 0.875 bits per heavy atom. The molecule has 2 amide bonds. The first kappa shape index (κ1) is 27.7. The Morgan fingerprint density at radius 2 is 1.43 bits per heavy atom. The number of rotatable bonds is 7. The first-order valence-electron chi connectivity index (χ1n) is 13.6. The van der Waals surface area contributed by atoms with Gasteiger partial charge in [0, 0.05) is 25.1 Å². The number of nitrogens with one attached hydrogen (secondary N) is 2. The molecule has 1 fully saturated rings. The van der Waals surface area contributed by atoms with Gasteiger partial charge in [-0.05, 0) is 73.1 Å². The fourth-order valence-electron chi connectivity index (χ4n) is 5.11. The first-order chi connectivity index (χ1) is 19.1. The van der Waals surface area contributed by atoms with Crippen LogP contribution in [0, 0.1) is 0 Å². The van der Waals surface area contributed by atoms with Gasteiger partial charge in [-0.15, -0.1) is 0 Å². The van der Waals surface area contributed by atoms with Gasteiger partial charge in [0.25, 0.3) is 5.91 Å². The zero-order valence-corrected chi connectivity index (χ0v) is 23.6. The van der Waals surface area contributed by atoms with Gasteiger partial charge in [-0.25, -0.2) is 4.79 Å². The molecule has 1 aliphatic heterocycles. The van der Waals surface area contributed by atoms with E-state index in [4.69, 9.17) is 14.0 Å². The number of ether oxygens (including phenoxy) is 1. The molecule has 206 valence electrons. The SMILES string of the molecule is CNC(=O)c1ccc(C=C(CNC(=O)OCC2c3ccccc3-c3ccccc32)B2OC(C)(C)C(C)(C)O2)cc1. The van der Waals surface area contributed by atoms with Gasteiger partial charge in [-0.1, -0.05) is 66.7 Å². The van der Waals surface area contributed by atoms with Crippen molar-refractivity contribution in [2.45, 2.75) is 44.8 Å². The van der Waals surface area contributed by atoms with Crippen molar-refractivity contribution in [2.75, 3.05) is 20.2 Å². The van der Waals surface area contributed by atoms with Crippen LogP contribution in [0.25, 0.3) is 17.2 Å². The predicted octanol–water partition coefficient (Wildman–Crippen LogP) is 5.60.